The van der Waals surface area contributed by atoms with Gasteiger partial charge in [-0.2, -0.15) is 0 Å². The number of rotatable bonds is 10. The molecule has 0 aliphatic rings. The fraction of sp³-hybridized carbons (Fsp3) is 0.533. The number of nitrogens with one attached hydrogen (secondary N) is 1. The van der Waals surface area contributed by atoms with Gasteiger partial charge in [-0.05, 0) is 30.5 Å². The third-order valence-electron chi connectivity index (χ3n) is 2.92. The molecule has 0 aromatic heterocycles. The van der Waals surface area contributed by atoms with E-state index in [-0.39, 0.29) is 5.84 Å². The zero-order chi connectivity index (χ0) is 14.8. The number of nitrogen functional groups attached to an aromatic ring is 1. The summed E-state index contributed by atoms with van der Waals surface area (Å²) in [5.74, 6) is 0.0880. The second kappa shape index (κ2) is 9.47. The maximum atomic E-state index is 7.39. The van der Waals surface area contributed by atoms with Gasteiger partial charge in [0.1, 0.15) is 5.84 Å². The van der Waals surface area contributed by atoms with Gasteiger partial charge >= 0.3 is 0 Å². The summed E-state index contributed by atoms with van der Waals surface area (Å²) in [6, 6.07) is 5.70. The van der Waals surface area contributed by atoms with Gasteiger partial charge in [0, 0.05) is 25.9 Å². The van der Waals surface area contributed by atoms with Gasteiger partial charge in [-0.25, -0.2) is 0 Å². The molecule has 0 atom stereocenters. The summed E-state index contributed by atoms with van der Waals surface area (Å²) in [6.07, 6.45) is 0.905. The second-order valence-electron chi connectivity index (χ2n) is 4.57. The van der Waals surface area contributed by atoms with Crippen LogP contribution in [0.4, 0.5) is 0 Å². The quantitative estimate of drug-likeness (QED) is 0.389. The minimum Gasteiger partial charge on any atom is -0.385 e. The number of ether oxygens (including phenoxy) is 3. The predicted molar refractivity (Wildman–Crippen MR) is 79.2 cm³/mol. The summed E-state index contributed by atoms with van der Waals surface area (Å²) in [5.41, 5.74) is 8.38. The molecule has 20 heavy (non-hydrogen) atoms. The zero-order valence-corrected chi connectivity index (χ0v) is 12.3. The van der Waals surface area contributed by atoms with Gasteiger partial charge in [0.25, 0.3) is 0 Å². The van der Waals surface area contributed by atoms with Crippen molar-refractivity contribution in [2.75, 3.05) is 33.5 Å². The Labute approximate surface area is 120 Å². The largest absolute Gasteiger partial charge is 0.385 e. The molecule has 1 aromatic carbocycles. The van der Waals surface area contributed by atoms with Crippen molar-refractivity contribution in [2.24, 2.45) is 5.73 Å². The molecule has 0 saturated carbocycles. The average molecular weight is 280 g/mol. The minimum absolute atomic E-state index is 0.0880. The lowest BCUT2D eigenvalue weighted by Gasteiger charge is -2.09. The molecule has 0 bridgehead atoms. The third kappa shape index (κ3) is 6.14. The number of methoxy groups -OCH3 is 1. The normalized spacial score (nSPS) is 10.7. The van der Waals surface area contributed by atoms with E-state index in [4.69, 9.17) is 25.4 Å². The van der Waals surface area contributed by atoms with Crippen molar-refractivity contribution in [1.82, 2.24) is 0 Å². The number of hydrogen-bond donors (Lipinski definition) is 2. The number of hydrogen-bond acceptors (Lipinski definition) is 4. The fourth-order valence-corrected chi connectivity index (χ4v) is 1.73. The van der Waals surface area contributed by atoms with E-state index in [9.17, 15) is 0 Å². The Morgan fingerprint density at radius 2 is 1.90 bits per heavy atom. The lowest BCUT2D eigenvalue weighted by molar-refractivity contribution is 0.0335. The summed E-state index contributed by atoms with van der Waals surface area (Å²) < 4.78 is 15.9. The van der Waals surface area contributed by atoms with Crippen molar-refractivity contribution in [1.29, 1.82) is 5.41 Å². The van der Waals surface area contributed by atoms with E-state index in [1.807, 2.05) is 25.1 Å². The Morgan fingerprint density at radius 1 is 1.15 bits per heavy atom. The Bertz CT molecular complexity index is 422. The van der Waals surface area contributed by atoms with Crippen molar-refractivity contribution in [3.05, 3.63) is 34.9 Å². The Balaban J connectivity index is 2.20. The molecule has 0 heterocycles. The highest BCUT2D eigenvalue weighted by Crippen LogP contribution is 2.12. The Hall–Kier alpha value is -1.43. The van der Waals surface area contributed by atoms with Crippen LogP contribution in [0, 0.1) is 12.3 Å². The lowest BCUT2D eigenvalue weighted by atomic mass is 10.1. The van der Waals surface area contributed by atoms with Crippen LogP contribution in [0.2, 0.25) is 0 Å². The molecule has 0 unspecified atom stereocenters. The molecule has 1 aromatic rings. The van der Waals surface area contributed by atoms with E-state index in [0.717, 1.165) is 29.7 Å². The van der Waals surface area contributed by atoms with E-state index in [0.29, 0.717) is 26.4 Å². The summed E-state index contributed by atoms with van der Waals surface area (Å²) in [5, 5.41) is 7.39. The maximum absolute atomic E-state index is 7.39. The highest BCUT2D eigenvalue weighted by atomic mass is 16.5. The zero-order valence-electron chi connectivity index (χ0n) is 12.3. The molecule has 0 radical (unpaired) electrons. The third-order valence-corrected chi connectivity index (χ3v) is 2.92. The van der Waals surface area contributed by atoms with Gasteiger partial charge in [-0.15, -0.1) is 0 Å². The molecule has 0 spiro atoms. The molecule has 0 fully saturated rings. The standard InChI is InChI=1S/C15H24N2O3/c1-12-10-13(15(16)17)4-5-14(12)11-20-9-8-19-7-3-6-18-2/h4-5,10H,3,6-9,11H2,1-2H3,(H3,16,17). The highest BCUT2D eigenvalue weighted by Gasteiger charge is 2.02. The summed E-state index contributed by atoms with van der Waals surface area (Å²) in [4.78, 5) is 0. The van der Waals surface area contributed by atoms with E-state index in [1.165, 1.54) is 0 Å². The topological polar surface area (TPSA) is 77.6 Å². The first-order chi connectivity index (χ1) is 9.65. The van der Waals surface area contributed by atoms with E-state index >= 15 is 0 Å². The van der Waals surface area contributed by atoms with Crippen LogP contribution in [0.5, 0.6) is 0 Å². The van der Waals surface area contributed by atoms with Crippen molar-refractivity contribution in [3.63, 3.8) is 0 Å². The first-order valence-corrected chi connectivity index (χ1v) is 6.73. The molecule has 1 rings (SSSR count). The number of aryl methyl sites for hydroxylation is 1. The monoisotopic (exact) mass is 280 g/mol. The molecule has 3 N–H and O–H groups in total. The van der Waals surface area contributed by atoms with Crippen molar-refractivity contribution < 1.29 is 14.2 Å². The van der Waals surface area contributed by atoms with Gasteiger partial charge in [-0.3, -0.25) is 5.41 Å². The van der Waals surface area contributed by atoms with Crippen LogP contribution in [0.25, 0.3) is 0 Å². The van der Waals surface area contributed by atoms with Crippen LogP contribution in [-0.2, 0) is 20.8 Å². The van der Waals surface area contributed by atoms with E-state index in [2.05, 4.69) is 0 Å². The fourth-order valence-electron chi connectivity index (χ4n) is 1.73. The van der Waals surface area contributed by atoms with E-state index < -0.39 is 0 Å². The molecule has 0 aliphatic heterocycles. The average Bonchev–Trinajstić information content (AvgIpc) is 2.43. The predicted octanol–water partition coefficient (Wildman–Crippen LogP) is 1.85. The van der Waals surface area contributed by atoms with Gasteiger partial charge in [0.2, 0.25) is 0 Å². The Morgan fingerprint density at radius 3 is 2.55 bits per heavy atom. The summed E-state index contributed by atoms with van der Waals surface area (Å²) in [6.45, 7) is 5.12. The number of nitrogens with two attached hydrogens (primary N) is 1. The Kier molecular flexibility index (Phi) is 7.87. The highest BCUT2D eigenvalue weighted by molar-refractivity contribution is 5.95. The molecular formula is C15H24N2O3. The smallest absolute Gasteiger partial charge is 0.122 e. The number of benzene rings is 1. The van der Waals surface area contributed by atoms with Crippen LogP contribution in [0.1, 0.15) is 23.1 Å². The first kappa shape index (κ1) is 16.6. The molecule has 0 saturated heterocycles. The van der Waals surface area contributed by atoms with Gasteiger partial charge < -0.3 is 19.9 Å². The van der Waals surface area contributed by atoms with Crippen LogP contribution in [0.15, 0.2) is 18.2 Å². The van der Waals surface area contributed by atoms with Crippen LogP contribution < -0.4 is 5.73 Å². The van der Waals surface area contributed by atoms with Crippen molar-refractivity contribution in [2.45, 2.75) is 20.0 Å². The second-order valence-corrected chi connectivity index (χ2v) is 4.57. The van der Waals surface area contributed by atoms with Gasteiger partial charge in [0.05, 0.1) is 19.8 Å². The van der Waals surface area contributed by atoms with E-state index in [1.54, 1.807) is 7.11 Å². The molecule has 5 nitrogen and oxygen atoms in total. The van der Waals surface area contributed by atoms with Crippen molar-refractivity contribution in [3.8, 4) is 0 Å². The minimum atomic E-state index is 0.0880. The van der Waals surface area contributed by atoms with Crippen LogP contribution in [0.3, 0.4) is 0 Å². The van der Waals surface area contributed by atoms with Gasteiger partial charge in [-0.1, -0.05) is 12.1 Å². The van der Waals surface area contributed by atoms with Crippen LogP contribution in [-0.4, -0.2) is 39.4 Å². The van der Waals surface area contributed by atoms with Crippen molar-refractivity contribution >= 4 is 5.84 Å². The molecular weight excluding hydrogens is 256 g/mol. The molecule has 0 amide bonds. The molecule has 5 heteroatoms. The lowest BCUT2D eigenvalue weighted by Crippen LogP contribution is -2.12. The number of amidine groups is 1. The maximum Gasteiger partial charge on any atom is 0.122 e. The van der Waals surface area contributed by atoms with Gasteiger partial charge in [0.15, 0.2) is 0 Å². The molecule has 0 aliphatic carbocycles. The first-order valence-electron chi connectivity index (χ1n) is 6.73. The summed E-state index contributed by atoms with van der Waals surface area (Å²) in [7, 11) is 1.68. The van der Waals surface area contributed by atoms with Crippen LogP contribution >= 0.6 is 0 Å². The summed E-state index contributed by atoms with van der Waals surface area (Å²) >= 11 is 0. The molecule has 112 valence electrons. The SMILES string of the molecule is COCCCOCCOCc1ccc(C(=N)N)cc1C.